The van der Waals surface area contributed by atoms with Crippen LogP contribution >= 0.6 is 0 Å². The lowest BCUT2D eigenvalue weighted by atomic mass is 10.0. The fourth-order valence-electron chi connectivity index (χ4n) is 4.24. The highest BCUT2D eigenvalue weighted by Gasteiger charge is 2.24. The van der Waals surface area contributed by atoms with Gasteiger partial charge in [0.1, 0.15) is 17.5 Å². The van der Waals surface area contributed by atoms with Crippen LogP contribution in [0.15, 0.2) is 109 Å². The molecule has 0 saturated carbocycles. The Bertz CT molecular complexity index is 1420. The summed E-state index contributed by atoms with van der Waals surface area (Å²) in [5, 5.41) is 5.77. The molecule has 2 amide bonds. The van der Waals surface area contributed by atoms with Crippen molar-refractivity contribution in [3.05, 3.63) is 131 Å². The predicted octanol–water partition coefficient (Wildman–Crippen LogP) is 6.00. The molecular weight excluding hydrogens is 476 g/mol. The number of fused-ring (bicyclic) bond motifs is 1. The van der Waals surface area contributed by atoms with Crippen molar-refractivity contribution in [3.8, 4) is 11.5 Å². The highest BCUT2D eigenvalue weighted by Crippen LogP contribution is 2.24. The first kappa shape index (κ1) is 25.0. The molecule has 0 aromatic heterocycles. The molecule has 0 fully saturated rings. The van der Waals surface area contributed by atoms with Crippen LogP contribution in [0.5, 0.6) is 11.5 Å². The second kappa shape index (κ2) is 12.0. The molecule has 5 rings (SSSR count). The van der Waals surface area contributed by atoms with Crippen molar-refractivity contribution in [1.82, 2.24) is 5.32 Å². The zero-order valence-corrected chi connectivity index (χ0v) is 20.8. The fourth-order valence-corrected chi connectivity index (χ4v) is 4.24. The van der Waals surface area contributed by atoms with Crippen LogP contribution in [0.1, 0.15) is 27.0 Å². The minimum absolute atomic E-state index is 0.0204. The third-order valence-electron chi connectivity index (χ3n) is 6.18. The number of ether oxygens (including phenoxy) is 2. The quantitative estimate of drug-likeness (QED) is 0.278. The Morgan fingerprint density at radius 2 is 1.50 bits per heavy atom. The number of para-hydroxylation sites is 1. The molecule has 0 heterocycles. The summed E-state index contributed by atoms with van der Waals surface area (Å²) in [5.41, 5.74) is 4.10. The van der Waals surface area contributed by atoms with Gasteiger partial charge in [0, 0.05) is 11.3 Å². The Morgan fingerprint density at radius 1 is 0.789 bits per heavy atom. The van der Waals surface area contributed by atoms with Gasteiger partial charge in [-0.05, 0) is 65.6 Å². The molecule has 0 radical (unpaired) electrons. The molecule has 1 aliphatic rings. The number of anilines is 1. The van der Waals surface area contributed by atoms with E-state index in [1.165, 1.54) is 0 Å². The van der Waals surface area contributed by atoms with Crippen LogP contribution in [0, 0.1) is 0 Å². The summed E-state index contributed by atoms with van der Waals surface area (Å²) >= 11 is 0. The van der Waals surface area contributed by atoms with Crippen LogP contribution in [0.3, 0.4) is 0 Å². The standard InChI is InChI=1S/C32H28N2O4/c35-31(29-16-8-12-24-11-7-15-28(24)29)34-30(22-37-21-23-9-3-1-4-10-23)32(36)33-25-17-19-27(20-18-25)38-26-13-5-2-6-14-26/h1-10,12-20,30H,11,21-22H2,(H,33,36)(H,34,35). The molecule has 4 aromatic rings. The molecule has 190 valence electrons. The Hall–Kier alpha value is -4.68. The monoisotopic (exact) mass is 504 g/mol. The highest BCUT2D eigenvalue weighted by molar-refractivity contribution is 6.03. The molecule has 2 N–H and O–H groups in total. The van der Waals surface area contributed by atoms with Gasteiger partial charge in [-0.3, -0.25) is 9.59 Å². The van der Waals surface area contributed by atoms with Gasteiger partial charge in [0.2, 0.25) is 5.91 Å². The second-order valence-corrected chi connectivity index (χ2v) is 8.94. The Balaban J connectivity index is 1.27. The molecule has 38 heavy (non-hydrogen) atoms. The Morgan fingerprint density at radius 3 is 2.26 bits per heavy atom. The SMILES string of the molecule is O=C(NC(COCc1ccccc1)C(=O)Nc1ccc(Oc2ccccc2)cc1)c1cccc2c1C=CC2. The summed E-state index contributed by atoms with van der Waals surface area (Å²) in [7, 11) is 0. The first-order valence-electron chi connectivity index (χ1n) is 12.5. The maximum Gasteiger partial charge on any atom is 0.252 e. The Kier molecular flexibility index (Phi) is 7.92. The number of allylic oxidation sites excluding steroid dienone is 1. The van der Waals surface area contributed by atoms with E-state index in [-0.39, 0.29) is 18.4 Å². The van der Waals surface area contributed by atoms with Crippen molar-refractivity contribution in [1.29, 1.82) is 0 Å². The first-order valence-corrected chi connectivity index (χ1v) is 12.5. The van der Waals surface area contributed by atoms with E-state index in [4.69, 9.17) is 9.47 Å². The van der Waals surface area contributed by atoms with Gasteiger partial charge in [0.15, 0.2) is 0 Å². The number of rotatable bonds is 10. The molecular formula is C32H28N2O4. The van der Waals surface area contributed by atoms with E-state index in [0.717, 1.165) is 28.9 Å². The van der Waals surface area contributed by atoms with Crippen LogP contribution in [-0.4, -0.2) is 24.5 Å². The summed E-state index contributed by atoms with van der Waals surface area (Å²) in [4.78, 5) is 26.5. The van der Waals surface area contributed by atoms with E-state index in [0.29, 0.717) is 23.6 Å². The topological polar surface area (TPSA) is 76.7 Å². The van der Waals surface area contributed by atoms with Crippen LogP contribution in [0.2, 0.25) is 0 Å². The highest BCUT2D eigenvalue weighted by atomic mass is 16.5. The molecule has 1 aliphatic carbocycles. The van der Waals surface area contributed by atoms with Gasteiger partial charge in [-0.25, -0.2) is 0 Å². The minimum atomic E-state index is -0.896. The average molecular weight is 505 g/mol. The summed E-state index contributed by atoms with van der Waals surface area (Å²) in [6.07, 6.45) is 4.77. The van der Waals surface area contributed by atoms with E-state index >= 15 is 0 Å². The largest absolute Gasteiger partial charge is 0.457 e. The lowest BCUT2D eigenvalue weighted by Gasteiger charge is -2.20. The molecule has 1 atom stereocenters. The van der Waals surface area contributed by atoms with Crippen LogP contribution in [-0.2, 0) is 22.6 Å². The van der Waals surface area contributed by atoms with Gasteiger partial charge in [-0.15, -0.1) is 0 Å². The third kappa shape index (κ3) is 6.35. The first-order chi connectivity index (χ1) is 18.7. The van der Waals surface area contributed by atoms with Crippen molar-refractivity contribution < 1.29 is 19.1 Å². The second-order valence-electron chi connectivity index (χ2n) is 8.94. The summed E-state index contributed by atoms with van der Waals surface area (Å²) in [5.74, 6) is 0.691. The molecule has 0 bridgehead atoms. The number of carbonyl (C=O) groups excluding carboxylic acids is 2. The van der Waals surface area contributed by atoms with Crippen molar-refractivity contribution >= 4 is 23.6 Å². The van der Waals surface area contributed by atoms with Crippen molar-refractivity contribution in [3.63, 3.8) is 0 Å². The van der Waals surface area contributed by atoms with Crippen LogP contribution < -0.4 is 15.4 Å². The molecule has 6 nitrogen and oxygen atoms in total. The van der Waals surface area contributed by atoms with E-state index in [1.807, 2.05) is 84.9 Å². The van der Waals surface area contributed by atoms with Crippen molar-refractivity contribution in [2.24, 2.45) is 0 Å². The van der Waals surface area contributed by atoms with Gasteiger partial charge in [-0.1, -0.05) is 72.8 Å². The molecule has 0 spiro atoms. The van der Waals surface area contributed by atoms with Gasteiger partial charge < -0.3 is 20.1 Å². The number of hydrogen-bond donors (Lipinski definition) is 2. The maximum absolute atomic E-state index is 13.3. The van der Waals surface area contributed by atoms with Gasteiger partial charge >= 0.3 is 0 Å². The molecule has 0 aliphatic heterocycles. The van der Waals surface area contributed by atoms with Gasteiger partial charge in [0.25, 0.3) is 5.91 Å². The lowest BCUT2D eigenvalue weighted by molar-refractivity contribution is -0.119. The summed E-state index contributed by atoms with van der Waals surface area (Å²) < 4.78 is 11.7. The minimum Gasteiger partial charge on any atom is -0.457 e. The van der Waals surface area contributed by atoms with Crippen molar-refractivity contribution in [2.75, 3.05) is 11.9 Å². The number of amides is 2. The van der Waals surface area contributed by atoms with E-state index in [1.54, 1.807) is 30.3 Å². The fraction of sp³-hybridized carbons (Fsp3) is 0.125. The maximum atomic E-state index is 13.3. The third-order valence-corrected chi connectivity index (χ3v) is 6.18. The zero-order chi connectivity index (χ0) is 26.2. The molecule has 0 saturated heterocycles. The lowest BCUT2D eigenvalue weighted by Crippen LogP contribution is -2.47. The summed E-state index contributed by atoms with van der Waals surface area (Å²) in [6.45, 7) is 0.349. The molecule has 1 unspecified atom stereocenters. The Labute approximate surface area is 221 Å². The van der Waals surface area contributed by atoms with E-state index < -0.39 is 6.04 Å². The van der Waals surface area contributed by atoms with Gasteiger partial charge in [0.05, 0.1) is 13.2 Å². The van der Waals surface area contributed by atoms with Crippen LogP contribution in [0.25, 0.3) is 6.08 Å². The average Bonchev–Trinajstić information content (AvgIpc) is 3.44. The smallest absolute Gasteiger partial charge is 0.252 e. The van der Waals surface area contributed by atoms with E-state index in [9.17, 15) is 9.59 Å². The van der Waals surface area contributed by atoms with Crippen molar-refractivity contribution in [2.45, 2.75) is 19.1 Å². The predicted molar refractivity (Wildman–Crippen MR) is 148 cm³/mol. The number of nitrogens with one attached hydrogen (secondary N) is 2. The number of hydrogen-bond acceptors (Lipinski definition) is 4. The number of carbonyl (C=O) groups is 2. The van der Waals surface area contributed by atoms with Gasteiger partial charge in [-0.2, -0.15) is 0 Å². The number of benzene rings is 4. The molecule has 4 aromatic carbocycles. The summed E-state index contributed by atoms with van der Waals surface area (Å²) in [6, 6.07) is 31.0. The molecule has 6 heteroatoms. The van der Waals surface area contributed by atoms with Crippen LogP contribution in [0.4, 0.5) is 5.69 Å². The zero-order valence-electron chi connectivity index (χ0n) is 20.8. The normalized spacial score (nSPS) is 12.4. The van der Waals surface area contributed by atoms with E-state index in [2.05, 4.69) is 10.6 Å².